The van der Waals surface area contributed by atoms with Gasteiger partial charge < -0.3 is 15.0 Å². The van der Waals surface area contributed by atoms with E-state index in [0.29, 0.717) is 19.8 Å². The van der Waals surface area contributed by atoms with Crippen molar-refractivity contribution in [3.05, 3.63) is 52.5 Å². The van der Waals surface area contributed by atoms with Crippen molar-refractivity contribution in [2.45, 2.75) is 25.4 Å². The van der Waals surface area contributed by atoms with Crippen LogP contribution in [-0.2, 0) is 16.1 Å². The molecule has 1 aromatic carbocycles. The van der Waals surface area contributed by atoms with Gasteiger partial charge in [-0.05, 0) is 48.6 Å². The highest BCUT2D eigenvalue weighted by molar-refractivity contribution is 7.09. The summed E-state index contributed by atoms with van der Waals surface area (Å²) in [5, 5.41) is 5.09. The van der Waals surface area contributed by atoms with E-state index in [-0.39, 0.29) is 24.3 Å². The number of thiophene rings is 1. The number of amides is 1. The monoisotopic (exact) mass is 348 g/mol. The third-order valence-electron chi connectivity index (χ3n) is 4.04. The lowest BCUT2D eigenvalue weighted by molar-refractivity contribution is -0.121. The zero-order valence-corrected chi connectivity index (χ0v) is 14.2. The van der Waals surface area contributed by atoms with E-state index in [0.717, 1.165) is 23.4 Å². The molecule has 0 saturated carbocycles. The van der Waals surface area contributed by atoms with E-state index < -0.39 is 0 Å². The quantitative estimate of drug-likeness (QED) is 0.872. The van der Waals surface area contributed by atoms with Crippen LogP contribution in [0.1, 0.15) is 17.7 Å². The molecular weight excluding hydrogens is 327 g/mol. The molecule has 1 saturated heterocycles. The Morgan fingerprint density at radius 2 is 2.00 bits per heavy atom. The number of halogens is 1. The maximum atomic E-state index is 13.2. The van der Waals surface area contributed by atoms with Crippen LogP contribution in [0.2, 0.25) is 0 Å². The number of carbonyl (C=O) groups is 1. The van der Waals surface area contributed by atoms with Crippen molar-refractivity contribution in [1.82, 2.24) is 5.32 Å². The highest BCUT2D eigenvalue weighted by Crippen LogP contribution is 2.20. The Bertz CT molecular complexity index is 640. The molecule has 1 amide bonds. The summed E-state index contributed by atoms with van der Waals surface area (Å²) < 4.78 is 18.5. The molecule has 6 heteroatoms. The SMILES string of the molecule is O=C(CN(Cc1cccs1)c1ccc(F)cc1)NC1CCOCC1. The number of anilines is 1. The Labute approximate surface area is 145 Å². The molecule has 1 aromatic heterocycles. The van der Waals surface area contributed by atoms with Crippen LogP contribution in [0.25, 0.3) is 0 Å². The lowest BCUT2D eigenvalue weighted by Gasteiger charge is -2.27. The van der Waals surface area contributed by atoms with Gasteiger partial charge in [-0.1, -0.05) is 6.07 Å². The summed E-state index contributed by atoms with van der Waals surface area (Å²) in [5.41, 5.74) is 0.840. The first-order valence-corrected chi connectivity index (χ1v) is 8.98. The summed E-state index contributed by atoms with van der Waals surface area (Å²) in [7, 11) is 0. The van der Waals surface area contributed by atoms with Gasteiger partial charge in [-0.25, -0.2) is 4.39 Å². The number of rotatable bonds is 6. The van der Waals surface area contributed by atoms with Crippen LogP contribution < -0.4 is 10.2 Å². The molecule has 0 unspecified atom stereocenters. The first-order valence-electron chi connectivity index (χ1n) is 8.11. The fraction of sp³-hybridized carbons (Fsp3) is 0.389. The van der Waals surface area contributed by atoms with Gasteiger partial charge in [0.2, 0.25) is 5.91 Å². The number of ether oxygens (including phenoxy) is 1. The second-order valence-electron chi connectivity index (χ2n) is 5.87. The third-order valence-corrected chi connectivity index (χ3v) is 4.90. The maximum absolute atomic E-state index is 13.2. The molecule has 3 rings (SSSR count). The zero-order chi connectivity index (χ0) is 16.8. The first kappa shape index (κ1) is 16.9. The Balaban J connectivity index is 1.66. The molecule has 0 radical (unpaired) electrons. The normalized spacial score (nSPS) is 15.2. The van der Waals surface area contributed by atoms with Crippen LogP contribution in [0.4, 0.5) is 10.1 Å². The molecular formula is C18H21FN2O2S. The van der Waals surface area contributed by atoms with Gasteiger partial charge in [-0.3, -0.25) is 4.79 Å². The molecule has 0 spiro atoms. The Hall–Kier alpha value is -1.92. The average Bonchev–Trinajstić information content (AvgIpc) is 3.09. The highest BCUT2D eigenvalue weighted by Gasteiger charge is 2.18. The fourth-order valence-electron chi connectivity index (χ4n) is 2.77. The lowest BCUT2D eigenvalue weighted by Crippen LogP contribution is -2.44. The molecule has 1 N–H and O–H groups in total. The summed E-state index contributed by atoms with van der Waals surface area (Å²) in [4.78, 5) is 15.6. The van der Waals surface area contributed by atoms with Gasteiger partial charge in [0.05, 0.1) is 13.1 Å². The van der Waals surface area contributed by atoms with Crippen molar-refractivity contribution in [2.24, 2.45) is 0 Å². The predicted octanol–water partition coefficient (Wildman–Crippen LogP) is 3.19. The van der Waals surface area contributed by atoms with E-state index in [4.69, 9.17) is 4.74 Å². The number of nitrogens with one attached hydrogen (secondary N) is 1. The summed E-state index contributed by atoms with van der Waals surface area (Å²) >= 11 is 1.65. The number of benzene rings is 1. The summed E-state index contributed by atoms with van der Waals surface area (Å²) in [6, 6.07) is 10.5. The van der Waals surface area contributed by atoms with Gasteiger partial charge in [-0.2, -0.15) is 0 Å². The van der Waals surface area contributed by atoms with Crippen molar-refractivity contribution >= 4 is 22.9 Å². The number of hydrogen-bond acceptors (Lipinski definition) is 4. The summed E-state index contributed by atoms with van der Waals surface area (Å²) in [5.74, 6) is -0.288. The minimum atomic E-state index is -0.276. The highest BCUT2D eigenvalue weighted by atomic mass is 32.1. The molecule has 0 aliphatic carbocycles. The topological polar surface area (TPSA) is 41.6 Å². The Kier molecular flexibility index (Phi) is 5.82. The van der Waals surface area contributed by atoms with Gasteiger partial charge in [-0.15, -0.1) is 11.3 Å². The van der Waals surface area contributed by atoms with Gasteiger partial charge in [0.1, 0.15) is 5.82 Å². The van der Waals surface area contributed by atoms with E-state index in [2.05, 4.69) is 5.32 Å². The van der Waals surface area contributed by atoms with E-state index >= 15 is 0 Å². The van der Waals surface area contributed by atoms with Crippen molar-refractivity contribution in [3.8, 4) is 0 Å². The van der Waals surface area contributed by atoms with Gasteiger partial charge in [0, 0.05) is 29.8 Å². The number of nitrogens with zero attached hydrogens (tertiary/aromatic N) is 1. The maximum Gasteiger partial charge on any atom is 0.239 e. The molecule has 4 nitrogen and oxygen atoms in total. The lowest BCUT2D eigenvalue weighted by atomic mass is 10.1. The molecule has 0 atom stereocenters. The van der Waals surface area contributed by atoms with Crippen LogP contribution in [0, 0.1) is 5.82 Å². The molecule has 2 heterocycles. The Morgan fingerprint density at radius 1 is 1.25 bits per heavy atom. The van der Waals surface area contributed by atoms with Crippen LogP contribution >= 0.6 is 11.3 Å². The molecule has 1 fully saturated rings. The molecule has 128 valence electrons. The zero-order valence-electron chi connectivity index (χ0n) is 13.4. The van der Waals surface area contributed by atoms with Crippen molar-refractivity contribution in [3.63, 3.8) is 0 Å². The molecule has 1 aliphatic rings. The van der Waals surface area contributed by atoms with E-state index in [9.17, 15) is 9.18 Å². The molecule has 2 aromatic rings. The van der Waals surface area contributed by atoms with E-state index in [1.807, 2.05) is 22.4 Å². The molecule has 0 bridgehead atoms. The third kappa shape index (κ3) is 4.79. The predicted molar refractivity (Wildman–Crippen MR) is 93.8 cm³/mol. The molecule has 1 aliphatic heterocycles. The smallest absolute Gasteiger partial charge is 0.239 e. The van der Waals surface area contributed by atoms with Crippen LogP contribution in [0.15, 0.2) is 41.8 Å². The fourth-order valence-corrected chi connectivity index (χ4v) is 3.49. The van der Waals surface area contributed by atoms with Gasteiger partial charge in [0.15, 0.2) is 0 Å². The van der Waals surface area contributed by atoms with E-state index in [1.165, 1.54) is 12.1 Å². The number of hydrogen-bond donors (Lipinski definition) is 1. The van der Waals surface area contributed by atoms with Crippen LogP contribution in [0.5, 0.6) is 0 Å². The average molecular weight is 348 g/mol. The van der Waals surface area contributed by atoms with Crippen LogP contribution in [-0.4, -0.2) is 31.7 Å². The number of carbonyl (C=O) groups excluding carboxylic acids is 1. The largest absolute Gasteiger partial charge is 0.381 e. The molecule has 24 heavy (non-hydrogen) atoms. The second kappa shape index (κ2) is 8.26. The van der Waals surface area contributed by atoms with Crippen molar-refractivity contribution in [2.75, 3.05) is 24.7 Å². The second-order valence-corrected chi connectivity index (χ2v) is 6.90. The van der Waals surface area contributed by atoms with E-state index in [1.54, 1.807) is 23.5 Å². The summed E-state index contributed by atoms with van der Waals surface area (Å²) in [6.45, 7) is 2.27. The Morgan fingerprint density at radius 3 is 2.67 bits per heavy atom. The van der Waals surface area contributed by atoms with Gasteiger partial charge in [0.25, 0.3) is 0 Å². The minimum Gasteiger partial charge on any atom is -0.381 e. The van der Waals surface area contributed by atoms with Crippen molar-refractivity contribution in [1.29, 1.82) is 0 Å². The van der Waals surface area contributed by atoms with Crippen LogP contribution in [0.3, 0.4) is 0 Å². The first-order chi connectivity index (χ1) is 11.7. The summed E-state index contributed by atoms with van der Waals surface area (Å²) in [6.07, 6.45) is 1.71. The van der Waals surface area contributed by atoms with Crippen molar-refractivity contribution < 1.29 is 13.9 Å². The standard InChI is InChI=1S/C18H21FN2O2S/c19-14-3-5-16(6-4-14)21(12-17-2-1-11-24-17)13-18(22)20-15-7-9-23-10-8-15/h1-6,11,15H,7-10,12-13H2,(H,20,22). The minimum absolute atomic E-state index is 0.0113. The van der Waals surface area contributed by atoms with Gasteiger partial charge >= 0.3 is 0 Å².